The molecule has 0 saturated heterocycles. The fourth-order valence-electron chi connectivity index (χ4n) is 7.90. The molecule has 295 valence electrons. The van der Waals surface area contributed by atoms with Crippen LogP contribution in [0.4, 0.5) is 0 Å². The van der Waals surface area contributed by atoms with E-state index in [0.717, 1.165) is 24.4 Å². The molecule has 0 spiro atoms. The van der Waals surface area contributed by atoms with Crippen molar-refractivity contribution in [1.82, 2.24) is 29.9 Å². The van der Waals surface area contributed by atoms with Crippen molar-refractivity contribution in [2.75, 3.05) is 0 Å². The largest absolute Gasteiger partial charge is 0.569 e. The van der Waals surface area contributed by atoms with Crippen LogP contribution in [0, 0.1) is 0 Å². The van der Waals surface area contributed by atoms with Gasteiger partial charge < -0.3 is 9.68 Å². The summed E-state index contributed by atoms with van der Waals surface area (Å²) >= 11 is 17.5. The highest BCUT2D eigenvalue weighted by Gasteiger charge is 2.36. The van der Waals surface area contributed by atoms with Gasteiger partial charge in [-0.05, 0) is 97.5 Å². The first-order valence-electron chi connectivity index (χ1n) is 19.2. The highest BCUT2D eigenvalue weighted by molar-refractivity contribution is 6.31. The molecule has 8 aromatic rings. The van der Waals surface area contributed by atoms with E-state index in [2.05, 4.69) is 130 Å². The van der Waals surface area contributed by atoms with E-state index in [1.807, 2.05) is 72.8 Å². The predicted molar refractivity (Wildman–Crippen MR) is 241 cm³/mol. The lowest BCUT2D eigenvalue weighted by Crippen LogP contribution is -2.15. The fraction of sp³-hybridized carbons (Fsp3) is 0.125. The van der Waals surface area contributed by atoms with Crippen molar-refractivity contribution in [3.05, 3.63) is 184 Å². The second-order valence-corrected chi connectivity index (χ2v) is 16.2. The summed E-state index contributed by atoms with van der Waals surface area (Å²) in [6, 6.07) is 48.7. The maximum absolute atomic E-state index is 8.72. The first kappa shape index (κ1) is 40.8. The molecule has 0 fully saturated rings. The predicted octanol–water partition coefficient (Wildman–Crippen LogP) is 11.9. The SMILES string of the molecule is CC1(C)c2ccccc2-c2ccc(-c3nc(Cl)nc(-c4ccccc4)n3)cc21.CC1(C)c2ccccc2-c2ccc(O[B]O)cc21.Clc1nc(Cl)nc(-c2ccccc2)n1. The Morgan fingerprint density at radius 3 is 1.33 bits per heavy atom. The average molecular weight is 847 g/mol. The zero-order valence-electron chi connectivity index (χ0n) is 33.1. The van der Waals surface area contributed by atoms with Crippen LogP contribution in [0.15, 0.2) is 146 Å². The molecule has 0 unspecified atom stereocenters. The zero-order valence-corrected chi connectivity index (χ0v) is 35.4. The van der Waals surface area contributed by atoms with E-state index < -0.39 is 0 Å². The number of hydrogen-bond acceptors (Lipinski definition) is 8. The van der Waals surface area contributed by atoms with Crippen LogP contribution in [0.3, 0.4) is 0 Å². The number of aromatic nitrogens is 6. The van der Waals surface area contributed by atoms with Crippen molar-refractivity contribution < 1.29 is 9.68 Å². The van der Waals surface area contributed by atoms with Crippen LogP contribution in [0.2, 0.25) is 15.9 Å². The summed E-state index contributed by atoms with van der Waals surface area (Å²) in [6.07, 6.45) is 0. The summed E-state index contributed by atoms with van der Waals surface area (Å²) in [5, 5.41) is 9.13. The van der Waals surface area contributed by atoms with Crippen molar-refractivity contribution >= 4 is 42.5 Å². The summed E-state index contributed by atoms with van der Waals surface area (Å²) in [7, 11) is 0.719. The molecule has 2 aliphatic carbocycles. The third kappa shape index (κ3) is 8.14. The van der Waals surface area contributed by atoms with E-state index in [1.54, 1.807) is 0 Å². The summed E-state index contributed by atoms with van der Waals surface area (Å²) < 4.78 is 5.05. The quantitative estimate of drug-likeness (QED) is 0.171. The molecule has 2 aromatic heterocycles. The third-order valence-corrected chi connectivity index (χ3v) is 11.3. The Morgan fingerprint density at radius 1 is 0.417 bits per heavy atom. The Bertz CT molecular complexity index is 2820. The van der Waals surface area contributed by atoms with Gasteiger partial charge in [0.05, 0.1) is 0 Å². The van der Waals surface area contributed by atoms with Crippen molar-refractivity contribution in [1.29, 1.82) is 0 Å². The molecule has 2 heterocycles. The topological polar surface area (TPSA) is 107 Å². The van der Waals surface area contributed by atoms with Gasteiger partial charge in [-0.3, -0.25) is 0 Å². The van der Waals surface area contributed by atoms with Crippen LogP contribution < -0.4 is 4.65 Å². The normalized spacial score (nSPS) is 13.3. The number of fused-ring (bicyclic) bond motifs is 6. The number of nitrogens with zero attached hydrogens (tertiary/aromatic N) is 6. The van der Waals surface area contributed by atoms with Crippen LogP contribution >= 0.6 is 34.8 Å². The van der Waals surface area contributed by atoms with E-state index in [9.17, 15) is 0 Å². The van der Waals surface area contributed by atoms with E-state index in [4.69, 9.17) is 44.5 Å². The molecular weight excluding hydrogens is 810 g/mol. The summed E-state index contributed by atoms with van der Waals surface area (Å²) in [5.41, 5.74) is 12.9. The highest BCUT2D eigenvalue weighted by atomic mass is 35.5. The molecule has 1 radical (unpaired) electrons. The Kier molecular flexibility index (Phi) is 11.5. The molecule has 60 heavy (non-hydrogen) atoms. The van der Waals surface area contributed by atoms with Crippen LogP contribution in [0.25, 0.3) is 56.4 Å². The molecule has 0 bridgehead atoms. The Balaban J connectivity index is 0.000000134. The molecule has 2 aliphatic rings. The number of rotatable bonds is 5. The average Bonchev–Trinajstić information content (AvgIpc) is 3.63. The van der Waals surface area contributed by atoms with E-state index in [1.165, 1.54) is 44.5 Å². The highest BCUT2D eigenvalue weighted by Crippen LogP contribution is 2.50. The number of hydrogen-bond donors (Lipinski definition) is 1. The molecule has 0 aliphatic heterocycles. The van der Waals surface area contributed by atoms with Gasteiger partial charge in [0.2, 0.25) is 15.9 Å². The van der Waals surface area contributed by atoms with Gasteiger partial charge in [0.1, 0.15) is 5.75 Å². The Morgan fingerprint density at radius 2 is 0.817 bits per heavy atom. The van der Waals surface area contributed by atoms with Gasteiger partial charge in [-0.25, -0.2) is 4.98 Å². The summed E-state index contributed by atoms with van der Waals surface area (Å²) in [6.45, 7) is 8.95. The van der Waals surface area contributed by atoms with Crippen LogP contribution in [0.5, 0.6) is 5.75 Å². The number of halogens is 3. The summed E-state index contributed by atoms with van der Waals surface area (Å²) in [4.78, 5) is 25.0. The van der Waals surface area contributed by atoms with Gasteiger partial charge >= 0.3 is 7.69 Å². The maximum atomic E-state index is 8.72. The van der Waals surface area contributed by atoms with Gasteiger partial charge in [0, 0.05) is 27.5 Å². The molecule has 6 aromatic carbocycles. The molecule has 10 rings (SSSR count). The maximum Gasteiger partial charge on any atom is 0.569 e. The lowest BCUT2D eigenvalue weighted by atomic mass is 9.82. The van der Waals surface area contributed by atoms with Gasteiger partial charge in [0.15, 0.2) is 17.5 Å². The molecule has 1 N–H and O–H groups in total. The second kappa shape index (κ2) is 17.0. The lowest BCUT2D eigenvalue weighted by Gasteiger charge is -2.21. The van der Waals surface area contributed by atoms with Gasteiger partial charge in [-0.2, -0.15) is 24.9 Å². The minimum absolute atomic E-state index is 0.0270. The van der Waals surface area contributed by atoms with Crippen molar-refractivity contribution in [3.8, 4) is 62.2 Å². The first-order chi connectivity index (χ1) is 28.9. The van der Waals surface area contributed by atoms with Crippen LogP contribution in [-0.4, -0.2) is 42.6 Å². The van der Waals surface area contributed by atoms with Crippen molar-refractivity contribution in [3.63, 3.8) is 0 Å². The fourth-order valence-corrected chi connectivity index (χ4v) is 8.42. The van der Waals surface area contributed by atoms with E-state index >= 15 is 0 Å². The minimum Gasteiger partial charge on any atom is -0.537 e. The monoisotopic (exact) mass is 845 g/mol. The minimum atomic E-state index is -0.0684. The van der Waals surface area contributed by atoms with Crippen molar-refractivity contribution in [2.45, 2.75) is 38.5 Å². The smallest absolute Gasteiger partial charge is 0.537 e. The van der Waals surface area contributed by atoms with Crippen LogP contribution in [0.1, 0.15) is 49.9 Å². The molecular formula is C48H37BCl3N6O2. The Hall–Kier alpha value is -5.97. The Labute approximate surface area is 364 Å². The van der Waals surface area contributed by atoms with Gasteiger partial charge in [-0.15, -0.1) is 0 Å². The van der Waals surface area contributed by atoms with E-state index in [-0.39, 0.29) is 26.7 Å². The molecule has 0 saturated carbocycles. The molecule has 0 atom stereocenters. The first-order valence-corrected chi connectivity index (χ1v) is 20.3. The standard InChI is InChI=1S/C24H18ClN3.C15H14BO2.C9H5Cl2N3/c1-24(2)19-11-7-6-10-17(19)18-13-12-16(14-20(18)24)22-26-21(27-23(25)28-22)15-8-4-3-5-9-15;1-15(2)13-6-4-3-5-11(13)12-8-7-10(18-16-17)9-14(12)15;10-8-12-7(13-9(11)14-8)6-4-2-1-3-5-6/h3-14H,1-2H3;3-9,17H,1-2H3;1-5H. The van der Waals surface area contributed by atoms with Crippen molar-refractivity contribution in [2.24, 2.45) is 0 Å². The van der Waals surface area contributed by atoms with Gasteiger partial charge in [0.25, 0.3) is 0 Å². The zero-order chi connectivity index (χ0) is 42.0. The molecule has 0 amide bonds. The van der Waals surface area contributed by atoms with Crippen LogP contribution in [-0.2, 0) is 10.8 Å². The van der Waals surface area contributed by atoms with Gasteiger partial charge in [-0.1, -0.05) is 155 Å². The number of benzene rings is 6. The van der Waals surface area contributed by atoms with E-state index in [0.29, 0.717) is 23.2 Å². The second-order valence-electron chi connectivity index (χ2n) is 15.2. The molecule has 8 nitrogen and oxygen atoms in total. The summed E-state index contributed by atoms with van der Waals surface area (Å²) in [5.74, 6) is 2.32. The third-order valence-electron chi connectivity index (χ3n) is 10.8. The lowest BCUT2D eigenvalue weighted by molar-refractivity contribution is 0.453. The molecule has 12 heteroatoms.